The van der Waals surface area contributed by atoms with E-state index < -0.39 is 10.0 Å². The number of aryl methyl sites for hydroxylation is 1. The van der Waals surface area contributed by atoms with E-state index in [9.17, 15) is 13.2 Å². The summed E-state index contributed by atoms with van der Waals surface area (Å²) < 4.78 is 31.9. The van der Waals surface area contributed by atoms with Crippen LogP contribution in [0, 0.1) is 6.92 Å². The van der Waals surface area contributed by atoms with Gasteiger partial charge in [-0.2, -0.15) is 0 Å². The molecule has 138 valence electrons. The Labute approximate surface area is 153 Å². The van der Waals surface area contributed by atoms with Crippen LogP contribution in [-0.4, -0.2) is 33.7 Å². The lowest BCUT2D eigenvalue weighted by molar-refractivity contribution is -0.115. The van der Waals surface area contributed by atoms with Crippen LogP contribution in [0.1, 0.15) is 17.5 Å². The number of rotatable bonds is 6. The summed E-state index contributed by atoms with van der Waals surface area (Å²) in [6.45, 7) is 2.33. The number of fused-ring (bicyclic) bond motifs is 1. The SMILES string of the molecule is COc1ccc(C)cc1NC(=O)CCS(=O)(=O)N1CCc2ccccc21. The molecular formula is C19H22N2O4S. The van der Waals surface area contributed by atoms with Crippen molar-refractivity contribution in [2.75, 3.05) is 29.0 Å². The van der Waals surface area contributed by atoms with Crippen LogP contribution < -0.4 is 14.4 Å². The van der Waals surface area contributed by atoms with E-state index in [0.29, 0.717) is 30.1 Å². The zero-order valence-electron chi connectivity index (χ0n) is 14.9. The van der Waals surface area contributed by atoms with Crippen molar-refractivity contribution in [2.45, 2.75) is 19.8 Å². The third kappa shape index (κ3) is 3.83. The summed E-state index contributed by atoms with van der Waals surface area (Å²) in [6, 6.07) is 12.9. The van der Waals surface area contributed by atoms with E-state index in [1.807, 2.05) is 31.2 Å². The van der Waals surface area contributed by atoms with Crippen molar-refractivity contribution in [2.24, 2.45) is 0 Å². The first kappa shape index (κ1) is 18.3. The number of methoxy groups -OCH3 is 1. The van der Waals surface area contributed by atoms with Crippen LogP contribution in [0.5, 0.6) is 5.75 Å². The summed E-state index contributed by atoms with van der Waals surface area (Å²) in [6.07, 6.45) is 0.584. The lowest BCUT2D eigenvalue weighted by Crippen LogP contribution is -2.32. The van der Waals surface area contributed by atoms with Crippen molar-refractivity contribution >= 4 is 27.3 Å². The third-order valence-electron chi connectivity index (χ3n) is 4.40. The predicted octanol–water partition coefficient (Wildman–Crippen LogP) is 2.72. The van der Waals surface area contributed by atoms with E-state index in [1.54, 1.807) is 18.2 Å². The quantitative estimate of drug-likeness (QED) is 0.844. The molecule has 1 amide bonds. The topological polar surface area (TPSA) is 75.7 Å². The maximum atomic E-state index is 12.7. The first-order chi connectivity index (χ1) is 12.4. The molecule has 0 fully saturated rings. The highest BCUT2D eigenvalue weighted by Crippen LogP contribution is 2.30. The van der Waals surface area contributed by atoms with E-state index in [0.717, 1.165) is 11.1 Å². The maximum Gasteiger partial charge on any atom is 0.235 e. The second kappa shape index (κ2) is 7.37. The van der Waals surface area contributed by atoms with Gasteiger partial charge in [0.25, 0.3) is 0 Å². The van der Waals surface area contributed by atoms with Crippen molar-refractivity contribution in [3.63, 3.8) is 0 Å². The van der Waals surface area contributed by atoms with Gasteiger partial charge in [0.2, 0.25) is 15.9 Å². The average molecular weight is 374 g/mol. The highest BCUT2D eigenvalue weighted by molar-refractivity contribution is 7.92. The van der Waals surface area contributed by atoms with Crippen LogP contribution in [0.2, 0.25) is 0 Å². The summed E-state index contributed by atoms with van der Waals surface area (Å²) in [4.78, 5) is 12.2. The molecule has 0 saturated carbocycles. The Morgan fingerprint density at radius 1 is 1.23 bits per heavy atom. The molecule has 0 bridgehead atoms. The second-order valence-electron chi connectivity index (χ2n) is 6.27. The first-order valence-electron chi connectivity index (χ1n) is 8.43. The summed E-state index contributed by atoms with van der Waals surface area (Å²) in [5.74, 6) is -0.0494. The van der Waals surface area contributed by atoms with Gasteiger partial charge in [0.1, 0.15) is 5.75 Å². The summed E-state index contributed by atoms with van der Waals surface area (Å²) in [5.41, 5.74) is 3.25. The minimum atomic E-state index is -3.54. The van der Waals surface area contributed by atoms with Gasteiger partial charge in [-0.15, -0.1) is 0 Å². The molecule has 1 aliphatic heterocycles. The fourth-order valence-electron chi connectivity index (χ4n) is 3.06. The van der Waals surface area contributed by atoms with E-state index in [4.69, 9.17) is 4.74 Å². The molecule has 0 atom stereocenters. The Morgan fingerprint density at radius 3 is 2.77 bits per heavy atom. The Balaban J connectivity index is 1.65. The number of amides is 1. The minimum absolute atomic E-state index is 0.113. The lowest BCUT2D eigenvalue weighted by Gasteiger charge is -2.19. The van der Waals surface area contributed by atoms with Crippen LogP contribution in [-0.2, 0) is 21.2 Å². The zero-order valence-corrected chi connectivity index (χ0v) is 15.7. The Kier molecular flexibility index (Phi) is 5.18. The summed E-state index contributed by atoms with van der Waals surface area (Å²) in [7, 11) is -2.02. The van der Waals surface area contributed by atoms with Gasteiger partial charge in [-0.25, -0.2) is 8.42 Å². The second-order valence-corrected chi connectivity index (χ2v) is 8.28. The molecule has 0 spiro atoms. The number of anilines is 2. The molecule has 26 heavy (non-hydrogen) atoms. The van der Waals surface area contributed by atoms with Crippen molar-refractivity contribution in [1.82, 2.24) is 0 Å². The highest BCUT2D eigenvalue weighted by Gasteiger charge is 2.29. The number of nitrogens with one attached hydrogen (secondary N) is 1. The van der Waals surface area contributed by atoms with Gasteiger partial charge < -0.3 is 10.1 Å². The molecule has 2 aromatic carbocycles. The number of sulfonamides is 1. The number of carbonyl (C=O) groups is 1. The van der Waals surface area contributed by atoms with Gasteiger partial charge >= 0.3 is 0 Å². The normalized spacial score (nSPS) is 13.4. The molecule has 0 aliphatic carbocycles. The number of nitrogens with zero attached hydrogens (tertiary/aromatic N) is 1. The van der Waals surface area contributed by atoms with E-state index in [1.165, 1.54) is 11.4 Å². The Hall–Kier alpha value is -2.54. The van der Waals surface area contributed by atoms with Gasteiger partial charge in [-0.1, -0.05) is 24.3 Å². The highest BCUT2D eigenvalue weighted by atomic mass is 32.2. The standard InChI is InChI=1S/C19H22N2O4S/c1-14-7-8-18(25-2)16(13-14)20-19(22)10-12-26(23,24)21-11-9-15-5-3-4-6-17(15)21/h3-8,13H,9-12H2,1-2H3,(H,20,22). The minimum Gasteiger partial charge on any atom is -0.495 e. The van der Waals surface area contributed by atoms with Crippen molar-refractivity contribution in [3.05, 3.63) is 53.6 Å². The molecule has 7 heteroatoms. The zero-order chi connectivity index (χ0) is 18.7. The maximum absolute atomic E-state index is 12.7. The van der Waals surface area contributed by atoms with Gasteiger partial charge in [0, 0.05) is 13.0 Å². The molecule has 0 saturated heterocycles. The largest absolute Gasteiger partial charge is 0.495 e. The predicted molar refractivity (Wildman–Crippen MR) is 102 cm³/mol. The molecule has 1 heterocycles. The molecule has 0 radical (unpaired) electrons. The van der Waals surface area contributed by atoms with E-state index in [-0.39, 0.29) is 18.1 Å². The van der Waals surface area contributed by atoms with Crippen molar-refractivity contribution in [3.8, 4) is 5.75 Å². The van der Waals surface area contributed by atoms with Crippen LogP contribution in [0.15, 0.2) is 42.5 Å². The smallest absolute Gasteiger partial charge is 0.235 e. The fourth-order valence-corrected chi connectivity index (χ4v) is 4.57. The molecule has 3 rings (SSSR count). The van der Waals surface area contributed by atoms with Crippen LogP contribution in [0.4, 0.5) is 11.4 Å². The number of hydrogen-bond donors (Lipinski definition) is 1. The van der Waals surface area contributed by atoms with Crippen molar-refractivity contribution in [1.29, 1.82) is 0 Å². The number of hydrogen-bond acceptors (Lipinski definition) is 4. The number of para-hydroxylation sites is 1. The fraction of sp³-hybridized carbons (Fsp3) is 0.316. The van der Waals surface area contributed by atoms with Crippen LogP contribution in [0.25, 0.3) is 0 Å². The van der Waals surface area contributed by atoms with E-state index >= 15 is 0 Å². The molecule has 0 unspecified atom stereocenters. The lowest BCUT2D eigenvalue weighted by atomic mass is 10.2. The average Bonchev–Trinajstić information content (AvgIpc) is 3.05. The van der Waals surface area contributed by atoms with Gasteiger partial charge in [-0.05, 0) is 42.7 Å². The molecule has 2 aromatic rings. The monoisotopic (exact) mass is 374 g/mol. The summed E-state index contributed by atoms with van der Waals surface area (Å²) in [5, 5.41) is 2.74. The van der Waals surface area contributed by atoms with Crippen LogP contribution in [0.3, 0.4) is 0 Å². The summed E-state index contributed by atoms with van der Waals surface area (Å²) >= 11 is 0. The van der Waals surface area contributed by atoms with Crippen molar-refractivity contribution < 1.29 is 17.9 Å². The molecule has 1 N–H and O–H groups in total. The molecule has 1 aliphatic rings. The molecular weight excluding hydrogens is 352 g/mol. The van der Waals surface area contributed by atoms with Gasteiger partial charge in [0.05, 0.1) is 24.2 Å². The number of ether oxygens (including phenoxy) is 1. The molecule has 0 aromatic heterocycles. The third-order valence-corrected chi connectivity index (χ3v) is 6.17. The van der Waals surface area contributed by atoms with Gasteiger partial charge in [-0.3, -0.25) is 9.10 Å². The van der Waals surface area contributed by atoms with Gasteiger partial charge in [0.15, 0.2) is 0 Å². The number of carbonyl (C=O) groups excluding carboxylic acids is 1. The van der Waals surface area contributed by atoms with E-state index in [2.05, 4.69) is 5.32 Å². The Bertz CT molecular complexity index is 925. The van der Waals surface area contributed by atoms with Crippen LogP contribution >= 0.6 is 0 Å². The molecule has 6 nitrogen and oxygen atoms in total. The Morgan fingerprint density at radius 2 is 2.00 bits per heavy atom. The first-order valence-corrected chi connectivity index (χ1v) is 10.0. The number of benzene rings is 2.